The summed E-state index contributed by atoms with van der Waals surface area (Å²) in [6, 6.07) is 5.19. The first kappa shape index (κ1) is 16.0. The molecule has 0 amide bonds. The highest BCUT2D eigenvalue weighted by Crippen LogP contribution is 2.41. The van der Waals surface area contributed by atoms with Crippen LogP contribution >= 0.6 is 24.0 Å². The first-order valence-electron chi connectivity index (χ1n) is 7.14. The van der Waals surface area contributed by atoms with E-state index in [4.69, 9.17) is 11.6 Å². The number of nitrogens with zero attached hydrogens (tertiary/aromatic N) is 1. The van der Waals surface area contributed by atoms with Crippen LogP contribution in [0.2, 0.25) is 5.02 Å². The first-order valence-corrected chi connectivity index (χ1v) is 7.51. The second-order valence-corrected chi connectivity index (χ2v) is 6.05. The van der Waals surface area contributed by atoms with Crippen molar-refractivity contribution in [2.24, 2.45) is 5.92 Å². The van der Waals surface area contributed by atoms with E-state index in [1.807, 2.05) is 6.07 Å². The van der Waals surface area contributed by atoms with Crippen LogP contribution in [-0.2, 0) is 0 Å². The fourth-order valence-corrected chi connectivity index (χ4v) is 3.20. The molecule has 2 fully saturated rings. The molecule has 1 atom stereocenters. The van der Waals surface area contributed by atoms with Crippen molar-refractivity contribution in [3.8, 4) is 0 Å². The van der Waals surface area contributed by atoms with E-state index >= 15 is 0 Å². The molecule has 1 aromatic rings. The predicted molar refractivity (Wildman–Crippen MR) is 83.2 cm³/mol. The van der Waals surface area contributed by atoms with Crippen LogP contribution in [0.15, 0.2) is 18.2 Å². The summed E-state index contributed by atoms with van der Waals surface area (Å²) in [5, 5.41) is 3.95. The lowest BCUT2D eigenvalue weighted by Gasteiger charge is -2.35. The molecule has 5 heteroatoms. The van der Waals surface area contributed by atoms with Gasteiger partial charge in [-0.05, 0) is 30.0 Å². The maximum absolute atomic E-state index is 13.2. The number of piperazine rings is 1. The normalized spacial score (nSPS) is 21.3. The van der Waals surface area contributed by atoms with Crippen molar-refractivity contribution in [3.63, 3.8) is 0 Å². The van der Waals surface area contributed by atoms with E-state index in [0.29, 0.717) is 11.1 Å². The third kappa shape index (κ3) is 3.85. The molecule has 0 spiro atoms. The SMILES string of the molecule is Cl.Fc1ccc([C@H](CC2CC2)N2CCNCC2)c(Cl)c1. The minimum atomic E-state index is -0.251. The molecule has 0 bridgehead atoms. The molecule has 2 nitrogen and oxygen atoms in total. The Balaban J connectivity index is 0.00000147. The number of hydrogen-bond acceptors (Lipinski definition) is 2. The molecule has 1 heterocycles. The minimum absolute atomic E-state index is 0. The van der Waals surface area contributed by atoms with E-state index in [2.05, 4.69) is 10.2 Å². The fourth-order valence-electron chi connectivity index (χ4n) is 2.91. The Kier molecular flexibility index (Phi) is 5.67. The summed E-state index contributed by atoms with van der Waals surface area (Å²) in [6.45, 7) is 4.15. The summed E-state index contributed by atoms with van der Waals surface area (Å²) in [5.41, 5.74) is 1.09. The van der Waals surface area contributed by atoms with Gasteiger partial charge in [-0.1, -0.05) is 30.5 Å². The smallest absolute Gasteiger partial charge is 0.124 e. The highest BCUT2D eigenvalue weighted by atomic mass is 35.5. The monoisotopic (exact) mass is 318 g/mol. The molecule has 0 unspecified atom stereocenters. The quantitative estimate of drug-likeness (QED) is 0.911. The zero-order valence-electron chi connectivity index (χ0n) is 11.4. The molecule has 1 saturated carbocycles. The lowest BCUT2D eigenvalue weighted by atomic mass is 9.98. The fraction of sp³-hybridized carbons (Fsp3) is 0.600. The molecule has 0 radical (unpaired) electrons. The zero-order valence-corrected chi connectivity index (χ0v) is 13.0. The lowest BCUT2D eigenvalue weighted by Crippen LogP contribution is -2.45. The van der Waals surface area contributed by atoms with Crippen LogP contribution in [0.4, 0.5) is 4.39 Å². The van der Waals surface area contributed by atoms with Crippen molar-refractivity contribution in [1.82, 2.24) is 10.2 Å². The van der Waals surface area contributed by atoms with E-state index in [9.17, 15) is 4.39 Å². The summed E-state index contributed by atoms with van der Waals surface area (Å²) >= 11 is 6.27. The second-order valence-electron chi connectivity index (χ2n) is 5.65. The van der Waals surface area contributed by atoms with Crippen molar-refractivity contribution >= 4 is 24.0 Å². The van der Waals surface area contributed by atoms with Gasteiger partial charge in [0.05, 0.1) is 0 Å². The van der Waals surface area contributed by atoms with E-state index in [1.165, 1.54) is 25.0 Å². The van der Waals surface area contributed by atoms with Gasteiger partial charge in [0.1, 0.15) is 5.82 Å². The summed E-state index contributed by atoms with van der Waals surface area (Å²) in [7, 11) is 0. The lowest BCUT2D eigenvalue weighted by molar-refractivity contribution is 0.160. The van der Waals surface area contributed by atoms with Crippen LogP contribution < -0.4 is 5.32 Å². The van der Waals surface area contributed by atoms with Crippen molar-refractivity contribution in [1.29, 1.82) is 0 Å². The molecular formula is C15H21Cl2FN2. The molecule has 2 aliphatic rings. The zero-order chi connectivity index (χ0) is 13.2. The van der Waals surface area contributed by atoms with Crippen LogP contribution in [0.1, 0.15) is 30.9 Å². The van der Waals surface area contributed by atoms with Crippen LogP contribution in [0, 0.1) is 11.7 Å². The van der Waals surface area contributed by atoms with Gasteiger partial charge in [-0.25, -0.2) is 4.39 Å². The molecule has 20 heavy (non-hydrogen) atoms. The summed E-state index contributed by atoms with van der Waals surface area (Å²) in [6.07, 6.45) is 3.83. The van der Waals surface area contributed by atoms with Crippen molar-refractivity contribution in [2.45, 2.75) is 25.3 Å². The first-order chi connectivity index (χ1) is 9.24. The van der Waals surface area contributed by atoms with E-state index in [0.717, 1.165) is 44.1 Å². The van der Waals surface area contributed by atoms with Gasteiger partial charge < -0.3 is 5.32 Å². The standard InChI is InChI=1S/C15H20ClFN2.ClH/c16-14-10-12(17)3-4-13(14)15(9-11-1-2-11)19-7-5-18-6-8-19;/h3-4,10-11,15,18H,1-2,5-9H2;1H/t15-;/m0./s1. The number of nitrogens with one attached hydrogen (secondary N) is 1. The van der Waals surface area contributed by atoms with Gasteiger partial charge >= 0.3 is 0 Å². The molecule has 1 aliphatic heterocycles. The van der Waals surface area contributed by atoms with Crippen LogP contribution in [0.25, 0.3) is 0 Å². The van der Waals surface area contributed by atoms with Crippen molar-refractivity contribution in [3.05, 3.63) is 34.6 Å². The Morgan fingerprint density at radius 2 is 2.00 bits per heavy atom. The summed E-state index contributed by atoms with van der Waals surface area (Å²) in [5.74, 6) is 0.584. The maximum Gasteiger partial charge on any atom is 0.124 e. The topological polar surface area (TPSA) is 15.3 Å². The summed E-state index contributed by atoms with van der Waals surface area (Å²) < 4.78 is 13.2. The Labute approximate surface area is 131 Å². The van der Waals surface area contributed by atoms with Gasteiger partial charge in [0.25, 0.3) is 0 Å². The third-order valence-electron chi connectivity index (χ3n) is 4.17. The molecule has 1 aliphatic carbocycles. The highest BCUT2D eigenvalue weighted by molar-refractivity contribution is 6.31. The van der Waals surface area contributed by atoms with Gasteiger partial charge in [-0.2, -0.15) is 0 Å². The molecule has 1 N–H and O–H groups in total. The number of halogens is 3. The Bertz CT molecular complexity index is 445. The van der Waals surface area contributed by atoms with Crippen LogP contribution in [0.3, 0.4) is 0 Å². The minimum Gasteiger partial charge on any atom is -0.314 e. The highest BCUT2D eigenvalue weighted by Gasteiger charge is 2.31. The van der Waals surface area contributed by atoms with Gasteiger partial charge in [0, 0.05) is 37.2 Å². The largest absolute Gasteiger partial charge is 0.314 e. The van der Waals surface area contributed by atoms with Crippen molar-refractivity contribution < 1.29 is 4.39 Å². The van der Waals surface area contributed by atoms with Crippen molar-refractivity contribution in [2.75, 3.05) is 26.2 Å². The van der Waals surface area contributed by atoms with Gasteiger partial charge in [-0.3, -0.25) is 4.90 Å². The number of hydrogen-bond donors (Lipinski definition) is 1. The van der Waals surface area contributed by atoms with Crippen LogP contribution in [0.5, 0.6) is 0 Å². The Morgan fingerprint density at radius 3 is 2.60 bits per heavy atom. The number of benzene rings is 1. The second kappa shape index (κ2) is 7.08. The van der Waals surface area contributed by atoms with Gasteiger partial charge in [0.2, 0.25) is 0 Å². The number of rotatable bonds is 4. The maximum atomic E-state index is 13.2. The molecular weight excluding hydrogens is 298 g/mol. The molecule has 1 saturated heterocycles. The Morgan fingerprint density at radius 1 is 1.30 bits per heavy atom. The Hall–Kier alpha value is -0.350. The predicted octanol–water partition coefficient (Wildman–Crippen LogP) is 3.65. The summed E-state index contributed by atoms with van der Waals surface area (Å²) in [4.78, 5) is 2.49. The van der Waals surface area contributed by atoms with E-state index in [1.54, 1.807) is 0 Å². The molecule has 3 rings (SSSR count). The van der Waals surface area contributed by atoms with Crippen LogP contribution in [-0.4, -0.2) is 31.1 Å². The average Bonchev–Trinajstić information content (AvgIpc) is 3.22. The average molecular weight is 319 g/mol. The molecule has 0 aromatic heterocycles. The third-order valence-corrected chi connectivity index (χ3v) is 4.49. The van der Waals surface area contributed by atoms with Gasteiger partial charge in [-0.15, -0.1) is 12.4 Å². The molecule has 112 valence electrons. The van der Waals surface area contributed by atoms with E-state index < -0.39 is 0 Å². The van der Waals surface area contributed by atoms with E-state index in [-0.39, 0.29) is 18.2 Å². The van der Waals surface area contributed by atoms with Gasteiger partial charge in [0.15, 0.2) is 0 Å². The molecule has 1 aromatic carbocycles.